The number of piperidine rings is 2. The maximum atomic E-state index is 10.3. The van der Waals surface area contributed by atoms with Crippen molar-refractivity contribution < 1.29 is 5.11 Å². The lowest BCUT2D eigenvalue weighted by atomic mass is 9.74. The summed E-state index contributed by atoms with van der Waals surface area (Å²) in [6.07, 6.45) is 11.3. The normalized spacial score (nSPS) is 43.2. The Hall–Kier alpha value is -0.520. The number of fused-ring (bicyclic) bond motifs is 2. The lowest BCUT2D eigenvalue weighted by Crippen LogP contribution is -2.56. The van der Waals surface area contributed by atoms with E-state index in [2.05, 4.69) is 17.9 Å². The van der Waals surface area contributed by atoms with Crippen LogP contribution in [0.15, 0.2) is 0 Å². The Morgan fingerprint density at radius 1 is 1.43 bits per heavy atom. The molecule has 0 aromatic heterocycles. The van der Waals surface area contributed by atoms with Gasteiger partial charge in [-0.1, -0.05) is 6.42 Å². The molecule has 2 rings (SSSR count). The molecule has 2 bridgehead atoms. The SMILES string of the molecule is C#CCC1(O)CC2CCCC(C1)N2C. The van der Waals surface area contributed by atoms with Gasteiger partial charge in [0.15, 0.2) is 0 Å². The van der Waals surface area contributed by atoms with E-state index >= 15 is 0 Å². The highest BCUT2D eigenvalue weighted by molar-refractivity contribution is 5.04. The Morgan fingerprint density at radius 3 is 2.50 bits per heavy atom. The van der Waals surface area contributed by atoms with Crippen molar-refractivity contribution in [1.29, 1.82) is 0 Å². The molecule has 2 aliphatic rings. The van der Waals surface area contributed by atoms with E-state index in [4.69, 9.17) is 6.42 Å². The molecule has 2 nitrogen and oxygen atoms in total. The summed E-state index contributed by atoms with van der Waals surface area (Å²) in [7, 11) is 2.18. The average Bonchev–Trinajstić information content (AvgIpc) is 2.08. The van der Waals surface area contributed by atoms with E-state index < -0.39 is 5.60 Å². The largest absolute Gasteiger partial charge is 0.389 e. The van der Waals surface area contributed by atoms with Crippen LogP contribution in [0, 0.1) is 12.3 Å². The van der Waals surface area contributed by atoms with Crippen molar-refractivity contribution in [2.45, 2.75) is 56.2 Å². The van der Waals surface area contributed by atoms with Crippen molar-refractivity contribution in [3.8, 4) is 12.3 Å². The van der Waals surface area contributed by atoms with Crippen LogP contribution in [-0.4, -0.2) is 34.7 Å². The molecule has 2 aliphatic heterocycles. The highest BCUT2D eigenvalue weighted by atomic mass is 16.3. The van der Waals surface area contributed by atoms with Crippen molar-refractivity contribution >= 4 is 0 Å². The average molecular weight is 193 g/mol. The number of nitrogens with zero attached hydrogens (tertiary/aromatic N) is 1. The molecule has 1 N–H and O–H groups in total. The topological polar surface area (TPSA) is 23.5 Å². The molecule has 14 heavy (non-hydrogen) atoms. The first kappa shape index (κ1) is 10.0. The summed E-state index contributed by atoms with van der Waals surface area (Å²) in [5, 5.41) is 10.3. The Kier molecular flexibility index (Phi) is 2.55. The molecular formula is C12H19NO. The second-order valence-corrected chi connectivity index (χ2v) is 4.92. The van der Waals surface area contributed by atoms with Crippen LogP contribution in [0.4, 0.5) is 0 Å². The van der Waals surface area contributed by atoms with Crippen molar-refractivity contribution in [1.82, 2.24) is 4.90 Å². The minimum absolute atomic E-state index is 0.522. The molecule has 2 heteroatoms. The molecule has 2 fully saturated rings. The maximum Gasteiger partial charge on any atom is 0.0786 e. The van der Waals surface area contributed by atoms with E-state index in [1.165, 1.54) is 19.3 Å². The molecule has 0 aromatic carbocycles. The summed E-state index contributed by atoms with van der Waals surface area (Å²) in [5.41, 5.74) is -0.572. The predicted molar refractivity (Wildman–Crippen MR) is 56.8 cm³/mol. The second kappa shape index (κ2) is 3.56. The summed E-state index contributed by atoms with van der Waals surface area (Å²) in [6, 6.07) is 1.11. The molecule has 2 heterocycles. The first-order valence-corrected chi connectivity index (χ1v) is 5.52. The molecule has 78 valence electrons. The van der Waals surface area contributed by atoms with Crippen LogP contribution in [0.1, 0.15) is 38.5 Å². The quantitative estimate of drug-likeness (QED) is 0.636. The van der Waals surface area contributed by atoms with Crippen molar-refractivity contribution in [2.75, 3.05) is 7.05 Å². The molecule has 2 unspecified atom stereocenters. The van der Waals surface area contributed by atoms with Gasteiger partial charge in [0.25, 0.3) is 0 Å². The van der Waals surface area contributed by atoms with Crippen LogP contribution in [0.2, 0.25) is 0 Å². The van der Waals surface area contributed by atoms with E-state index in [9.17, 15) is 5.11 Å². The molecule has 0 radical (unpaired) electrons. The zero-order valence-corrected chi connectivity index (χ0v) is 8.87. The van der Waals surface area contributed by atoms with Crippen molar-refractivity contribution in [3.63, 3.8) is 0 Å². The predicted octanol–water partition coefficient (Wildman–Crippen LogP) is 1.39. The fraction of sp³-hybridized carbons (Fsp3) is 0.833. The van der Waals surface area contributed by atoms with Crippen molar-refractivity contribution in [2.24, 2.45) is 0 Å². The van der Waals surface area contributed by atoms with Gasteiger partial charge in [0.1, 0.15) is 0 Å². The lowest BCUT2D eigenvalue weighted by molar-refractivity contribution is -0.0793. The molecule has 2 saturated heterocycles. The second-order valence-electron chi connectivity index (χ2n) is 4.92. The van der Waals surface area contributed by atoms with Gasteiger partial charge in [0, 0.05) is 18.5 Å². The summed E-state index contributed by atoms with van der Waals surface area (Å²) < 4.78 is 0. The van der Waals surface area contributed by atoms with Gasteiger partial charge in [-0.15, -0.1) is 12.3 Å². The molecular weight excluding hydrogens is 174 g/mol. The van der Waals surface area contributed by atoms with Gasteiger partial charge in [-0.25, -0.2) is 0 Å². The minimum atomic E-state index is -0.572. The highest BCUT2D eigenvalue weighted by Gasteiger charge is 2.43. The first-order valence-electron chi connectivity index (χ1n) is 5.52. The first-order chi connectivity index (χ1) is 6.64. The van der Waals surface area contributed by atoms with Gasteiger partial charge in [0.2, 0.25) is 0 Å². The van der Waals surface area contributed by atoms with E-state index in [0.29, 0.717) is 18.5 Å². The third-order valence-corrected chi connectivity index (χ3v) is 3.89. The molecule has 0 amide bonds. The van der Waals surface area contributed by atoms with E-state index in [0.717, 1.165) is 12.8 Å². The minimum Gasteiger partial charge on any atom is -0.389 e. The van der Waals surface area contributed by atoms with Crippen LogP contribution < -0.4 is 0 Å². The Morgan fingerprint density at radius 2 is 2.00 bits per heavy atom. The van der Waals surface area contributed by atoms with Crippen molar-refractivity contribution in [3.05, 3.63) is 0 Å². The molecule has 0 saturated carbocycles. The van der Waals surface area contributed by atoms with Gasteiger partial charge in [-0.05, 0) is 32.7 Å². The van der Waals surface area contributed by atoms with Gasteiger partial charge in [-0.2, -0.15) is 0 Å². The lowest BCUT2D eigenvalue weighted by Gasteiger charge is -2.50. The highest BCUT2D eigenvalue weighted by Crippen LogP contribution is 2.39. The van der Waals surface area contributed by atoms with Crippen LogP contribution in [-0.2, 0) is 0 Å². The zero-order valence-electron chi connectivity index (χ0n) is 8.87. The third kappa shape index (κ3) is 1.67. The molecule has 2 atom stereocenters. The number of terminal acetylenes is 1. The number of hydrogen-bond donors (Lipinski definition) is 1. The number of rotatable bonds is 1. The maximum absolute atomic E-state index is 10.3. The Balaban J connectivity index is 2.11. The summed E-state index contributed by atoms with van der Waals surface area (Å²) in [6.45, 7) is 0. The van der Waals surface area contributed by atoms with Crippen LogP contribution in [0.5, 0.6) is 0 Å². The van der Waals surface area contributed by atoms with Gasteiger partial charge in [-0.3, -0.25) is 0 Å². The monoisotopic (exact) mass is 193 g/mol. The van der Waals surface area contributed by atoms with Gasteiger partial charge in [0.05, 0.1) is 5.60 Å². The van der Waals surface area contributed by atoms with Gasteiger partial charge >= 0.3 is 0 Å². The standard InChI is InChI=1S/C12H19NO/c1-3-7-12(14)8-10-5-4-6-11(9-12)13(10)2/h1,10-11,14H,4-9H2,2H3. The Labute approximate surface area is 86.3 Å². The smallest absolute Gasteiger partial charge is 0.0786 e. The van der Waals surface area contributed by atoms with Gasteiger partial charge < -0.3 is 10.0 Å². The third-order valence-electron chi connectivity index (χ3n) is 3.89. The summed E-state index contributed by atoms with van der Waals surface area (Å²) >= 11 is 0. The zero-order chi connectivity index (χ0) is 10.2. The van der Waals surface area contributed by atoms with E-state index in [1.807, 2.05) is 0 Å². The molecule has 0 aliphatic carbocycles. The summed E-state index contributed by atoms with van der Waals surface area (Å²) in [5.74, 6) is 2.61. The fourth-order valence-corrected chi connectivity index (χ4v) is 3.08. The molecule has 0 spiro atoms. The summed E-state index contributed by atoms with van der Waals surface area (Å²) in [4.78, 5) is 2.44. The molecule has 0 aromatic rings. The fourth-order valence-electron chi connectivity index (χ4n) is 3.08. The van der Waals surface area contributed by atoms with E-state index in [-0.39, 0.29) is 0 Å². The number of hydrogen-bond acceptors (Lipinski definition) is 2. The van der Waals surface area contributed by atoms with Crippen LogP contribution in [0.25, 0.3) is 0 Å². The number of aliphatic hydroxyl groups is 1. The van der Waals surface area contributed by atoms with Crippen LogP contribution >= 0.6 is 0 Å². The van der Waals surface area contributed by atoms with E-state index in [1.54, 1.807) is 0 Å². The Bertz CT molecular complexity index is 242. The van der Waals surface area contributed by atoms with Crippen LogP contribution in [0.3, 0.4) is 0 Å².